The van der Waals surface area contributed by atoms with Gasteiger partial charge in [0.1, 0.15) is 5.82 Å². The van der Waals surface area contributed by atoms with Crippen LogP contribution < -0.4 is 10.6 Å². The lowest BCUT2D eigenvalue weighted by Crippen LogP contribution is -2.07. The Balaban J connectivity index is 1.80. The molecule has 2 aromatic heterocycles. The van der Waals surface area contributed by atoms with Crippen LogP contribution in [0.1, 0.15) is 28.1 Å². The molecule has 0 saturated heterocycles. The van der Waals surface area contributed by atoms with Crippen LogP contribution in [0.2, 0.25) is 0 Å². The van der Waals surface area contributed by atoms with E-state index < -0.39 is 0 Å². The van der Waals surface area contributed by atoms with Gasteiger partial charge in [0.25, 0.3) is 0 Å². The maximum Gasteiger partial charge on any atom is 0.229 e. The standard InChI is InChI=1S/C20H23N5/c1-13-9-14(2)19(15(3)10-13)25-20-23-16(4)11-18(24-20)22-12-17-7-5-6-8-21-17/h5-11H,12H2,1-4H3,(H2,22,23,24,25). The second-order valence-corrected chi connectivity index (χ2v) is 6.29. The summed E-state index contributed by atoms with van der Waals surface area (Å²) in [7, 11) is 0. The number of aryl methyl sites for hydroxylation is 4. The third-order valence-electron chi connectivity index (χ3n) is 3.94. The molecule has 0 fully saturated rings. The Kier molecular flexibility index (Phi) is 4.93. The number of rotatable bonds is 5. The molecule has 0 bridgehead atoms. The molecular weight excluding hydrogens is 310 g/mol. The van der Waals surface area contributed by atoms with Crippen LogP contribution >= 0.6 is 0 Å². The van der Waals surface area contributed by atoms with Crippen molar-refractivity contribution in [2.45, 2.75) is 34.2 Å². The number of hydrogen-bond donors (Lipinski definition) is 2. The molecule has 1 aromatic carbocycles. The summed E-state index contributed by atoms with van der Waals surface area (Å²) in [4.78, 5) is 13.4. The molecule has 0 aliphatic heterocycles. The molecule has 128 valence electrons. The van der Waals surface area contributed by atoms with Gasteiger partial charge in [-0.05, 0) is 51.0 Å². The van der Waals surface area contributed by atoms with Crippen LogP contribution in [0.25, 0.3) is 0 Å². The van der Waals surface area contributed by atoms with E-state index in [1.54, 1.807) is 6.20 Å². The van der Waals surface area contributed by atoms with Crippen LogP contribution in [0.3, 0.4) is 0 Å². The first-order chi connectivity index (χ1) is 12.0. The average molecular weight is 333 g/mol. The summed E-state index contributed by atoms with van der Waals surface area (Å²) in [5, 5.41) is 6.68. The highest BCUT2D eigenvalue weighted by molar-refractivity contribution is 5.64. The minimum atomic E-state index is 0.596. The molecule has 2 N–H and O–H groups in total. The number of aromatic nitrogens is 3. The number of benzene rings is 1. The molecule has 5 heteroatoms. The highest BCUT2D eigenvalue weighted by Crippen LogP contribution is 2.25. The molecule has 0 unspecified atom stereocenters. The Morgan fingerprint density at radius 1 is 0.920 bits per heavy atom. The van der Waals surface area contributed by atoms with Crippen LogP contribution in [0.15, 0.2) is 42.6 Å². The van der Waals surface area contributed by atoms with Crippen molar-refractivity contribution in [3.05, 3.63) is 70.7 Å². The van der Waals surface area contributed by atoms with Crippen molar-refractivity contribution in [1.29, 1.82) is 0 Å². The van der Waals surface area contributed by atoms with Crippen molar-refractivity contribution in [1.82, 2.24) is 15.0 Å². The lowest BCUT2D eigenvalue weighted by Gasteiger charge is -2.14. The van der Waals surface area contributed by atoms with Gasteiger partial charge in [-0.3, -0.25) is 4.98 Å². The first-order valence-corrected chi connectivity index (χ1v) is 8.35. The number of nitrogens with one attached hydrogen (secondary N) is 2. The number of nitrogens with zero attached hydrogens (tertiary/aromatic N) is 3. The van der Waals surface area contributed by atoms with Gasteiger partial charge in [0.2, 0.25) is 5.95 Å². The van der Waals surface area contributed by atoms with Crippen molar-refractivity contribution in [3.8, 4) is 0 Å². The van der Waals surface area contributed by atoms with Gasteiger partial charge in [-0.25, -0.2) is 4.98 Å². The Morgan fingerprint density at radius 3 is 2.36 bits per heavy atom. The van der Waals surface area contributed by atoms with Crippen LogP contribution in [0.4, 0.5) is 17.5 Å². The van der Waals surface area contributed by atoms with Crippen molar-refractivity contribution in [2.24, 2.45) is 0 Å². The lowest BCUT2D eigenvalue weighted by molar-refractivity contribution is 1.01. The molecule has 0 aliphatic rings. The normalized spacial score (nSPS) is 10.6. The van der Waals surface area contributed by atoms with E-state index in [0.717, 1.165) is 22.9 Å². The van der Waals surface area contributed by atoms with E-state index in [-0.39, 0.29) is 0 Å². The number of anilines is 3. The van der Waals surface area contributed by atoms with Gasteiger partial charge in [-0.2, -0.15) is 4.98 Å². The fourth-order valence-electron chi connectivity index (χ4n) is 2.89. The van der Waals surface area contributed by atoms with E-state index in [0.29, 0.717) is 12.5 Å². The summed E-state index contributed by atoms with van der Waals surface area (Å²) in [6.45, 7) is 8.89. The average Bonchev–Trinajstić information content (AvgIpc) is 2.57. The van der Waals surface area contributed by atoms with Gasteiger partial charge in [0.15, 0.2) is 0 Å². The summed E-state index contributed by atoms with van der Waals surface area (Å²) in [6.07, 6.45) is 1.79. The zero-order valence-corrected chi connectivity index (χ0v) is 15.1. The van der Waals surface area contributed by atoms with Crippen LogP contribution in [-0.4, -0.2) is 15.0 Å². The molecule has 5 nitrogen and oxygen atoms in total. The minimum absolute atomic E-state index is 0.596. The maximum absolute atomic E-state index is 4.59. The van der Waals surface area contributed by atoms with E-state index in [9.17, 15) is 0 Å². The summed E-state index contributed by atoms with van der Waals surface area (Å²) in [5.41, 5.74) is 6.56. The molecule has 25 heavy (non-hydrogen) atoms. The zero-order chi connectivity index (χ0) is 17.8. The van der Waals surface area contributed by atoms with Crippen molar-refractivity contribution in [2.75, 3.05) is 10.6 Å². The summed E-state index contributed by atoms with van der Waals surface area (Å²) < 4.78 is 0. The molecule has 0 saturated carbocycles. The van der Waals surface area contributed by atoms with Gasteiger partial charge in [0, 0.05) is 23.6 Å². The topological polar surface area (TPSA) is 62.7 Å². The predicted octanol–water partition coefficient (Wildman–Crippen LogP) is 4.46. The monoisotopic (exact) mass is 333 g/mol. The van der Waals surface area contributed by atoms with Gasteiger partial charge in [-0.15, -0.1) is 0 Å². The molecule has 3 aromatic rings. The van der Waals surface area contributed by atoms with E-state index in [1.165, 1.54) is 16.7 Å². The van der Waals surface area contributed by atoms with Crippen molar-refractivity contribution in [3.63, 3.8) is 0 Å². The molecule has 0 amide bonds. The molecule has 0 aliphatic carbocycles. The largest absolute Gasteiger partial charge is 0.364 e. The fraction of sp³-hybridized carbons (Fsp3) is 0.250. The zero-order valence-electron chi connectivity index (χ0n) is 15.1. The second-order valence-electron chi connectivity index (χ2n) is 6.29. The van der Waals surface area contributed by atoms with Gasteiger partial charge < -0.3 is 10.6 Å². The Morgan fingerprint density at radius 2 is 1.68 bits per heavy atom. The molecule has 0 radical (unpaired) electrons. The van der Waals surface area contributed by atoms with E-state index in [1.807, 2.05) is 31.2 Å². The van der Waals surface area contributed by atoms with Crippen LogP contribution in [0, 0.1) is 27.7 Å². The fourth-order valence-corrected chi connectivity index (χ4v) is 2.89. The first kappa shape index (κ1) is 16.9. The van der Waals surface area contributed by atoms with Gasteiger partial charge in [-0.1, -0.05) is 23.8 Å². The maximum atomic E-state index is 4.59. The molecule has 0 atom stereocenters. The van der Waals surface area contributed by atoms with E-state index >= 15 is 0 Å². The Hall–Kier alpha value is -2.95. The lowest BCUT2D eigenvalue weighted by atomic mass is 10.1. The van der Waals surface area contributed by atoms with Crippen LogP contribution in [0.5, 0.6) is 0 Å². The van der Waals surface area contributed by atoms with Gasteiger partial charge >= 0.3 is 0 Å². The quantitative estimate of drug-likeness (QED) is 0.722. The first-order valence-electron chi connectivity index (χ1n) is 8.35. The molecule has 0 spiro atoms. The van der Waals surface area contributed by atoms with Crippen molar-refractivity contribution < 1.29 is 0 Å². The third kappa shape index (κ3) is 4.32. The van der Waals surface area contributed by atoms with E-state index in [2.05, 4.69) is 58.5 Å². The SMILES string of the molecule is Cc1cc(C)c(Nc2nc(C)cc(NCc3ccccn3)n2)c(C)c1. The molecule has 2 heterocycles. The number of hydrogen-bond acceptors (Lipinski definition) is 5. The molecular formula is C20H23N5. The molecule has 3 rings (SSSR count). The second kappa shape index (κ2) is 7.30. The van der Waals surface area contributed by atoms with Crippen molar-refractivity contribution >= 4 is 17.5 Å². The van der Waals surface area contributed by atoms with Gasteiger partial charge in [0.05, 0.1) is 12.2 Å². The minimum Gasteiger partial charge on any atom is -0.364 e. The Bertz CT molecular complexity index is 852. The smallest absolute Gasteiger partial charge is 0.229 e. The highest BCUT2D eigenvalue weighted by Gasteiger charge is 2.08. The summed E-state index contributed by atoms with van der Waals surface area (Å²) in [6, 6.07) is 12.1. The van der Waals surface area contributed by atoms with E-state index in [4.69, 9.17) is 0 Å². The Labute approximate surface area is 148 Å². The number of pyridine rings is 1. The summed E-state index contributed by atoms with van der Waals surface area (Å²) in [5.74, 6) is 1.38. The highest BCUT2D eigenvalue weighted by atomic mass is 15.1. The van der Waals surface area contributed by atoms with Crippen LogP contribution in [-0.2, 0) is 6.54 Å². The third-order valence-corrected chi connectivity index (χ3v) is 3.94. The predicted molar refractivity (Wildman–Crippen MR) is 102 cm³/mol. The summed E-state index contributed by atoms with van der Waals surface area (Å²) >= 11 is 0.